The van der Waals surface area contributed by atoms with Crippen molar-refractivity contribution < 1.29 is 17.9 Å². The second kappa shape index (κ2) is 6.11. The molecule has 0 spiro atoms. The maximum Gasteiger partial charge on any atom is 0.418 e. The average molecular weight is 339 g/mol. The lowest BCUT2D eigenvalue weighted by molar-refractivity contribution is -0.137. The molecule has 0 aromatic heterocycles. The Morgan fingerprint density at radius 2 is 2.21 bits per heavy atom. The van der Waals surface area contributed by atoms with E-state index in [1.165, 1.54) is 12.1 Å². The number of benzene rings is 1. The van der Waals surface area contributed by atoms with Gasteiger partial charge in [0.2, 0.25) is 0 Å². The minimum atomic E-state index is -4.36. The highest BCUT2D eigenvalue weighted by atomic mass is 79.9. The predicted molar refractivity (Wildman–Crippen MR) is 70.2 cm³/mol. The highest BCUT2D eigenvalue weighted by Gasteiger charge is 2.33. The second-order valence-corrected chi connectivity index (χ2v) is 5.21. The van der Waals surface area contributed by atoms with E-state index in [1.807, 2.05) is 0 Å². The van der Waals surface area contributed by atoms with Gasteiger partial charge in [0.05, 0.1) is 18.8 Å². The summed E-state index contributed by atoms with van der Waals surface area (Å²) in [5, 5.41) is 6.02. The van der Waals surface area contributed by atoms with Crippen LogP contribution in [0.3, 0.4) is 0 Å². The zero-order valence-corrected chi connectivity index (χ0v) is 11.6. The van der Waals surface area contributed by atoms with Gasteiger partial charge in [-0.3, -0.25) is 0 Å². The van der Waals surface area contributed by atoms with Crippen molar-refractivity contribution in [1.29, 1.82) is 0 Å². The van der Waals surface area contributed by atoms with E-state index < -0.39 is 11.7 Å². The number of morpholine rings is 1. The predicted octanol–water partition coefficient (Wildman–Crippen LogP) is 2.87. The summed E-state index contributed by atoms with van der Waals surface area (Å²) in [4.78, 5) is 0. The standard InChI is InChI=1S/C12H14BrF3N2O/c13-8-1-2-10(12(14,15)16)11(5-8)18-6-9-7-19-4-3-17-9/h1-2,5,9,17-18H,3-4,6-7H2. The summed E-state index contributed by atoms with van der Waals surface area (Å²) in [6, 6.07) is 3.91. The molecule has 0 bridgehead atoms. The van der Waals surface area contributed by atoms with E-state index in [9.17, 15) is 13.2 Å². The van der Waals surface area contributed by atoms with E-state index in [-0.39, 0.29) is 11.7 Å². The van der Waals surface area contributed by atoms with E-state index >= 15 is 0 Å². The summed E-state index contributed by atoms with van der Waals surface area (Å²) < 4.78 is 44.4. The van der Waals surface area contributed by atoms with Gasteiger partial charge in [-0.05, 0) is 18.2 Å². The Bertz CT molecular complexity index is 433. The van der Waals surface area contributed by atoms with E-state index in [1.54, 1.807) is 0 Å². The van der Waals surface area contributed by atoms with Crippen LogP contribution in [0.25, 0.3) is 0 Å². The summed E-state index contributed by atoms with van der Waals surface area (Å²) in [6.45, 7) is 2.25. The molecule has 19 heavy (non-hydrogen) atoms. The normalized spacial score (nSPS) is 20.3. The van der Waals surface area contributed by atoms with Crippen molar-refractivity contribution in [2.24, 2.45) is 0 Å². The summed E-state index contributed by atoms with van der Waals surface area (Å²) in [5.41, 5.74) is -0.582. The topological polar surface area (TPSA) is 33.3 Å². The van der Waals surface area contributed by atoms with Crippen LogP contribution >= 0.6 is 15.9 Å². The third kappa shape index (κ3) is 4.09. The van der Waals surface area contributed by atoms with Gasteiger partial charge in [0.25, 0.3) is 0 Å². The number of ether oxygens (including phenoxy) is 1. The van der Waals surface area contributed by atoms with Crippen molar-refractivity contribution in [3.63, 3.8) is 0 Å². The summed E-state index contributed by atoms with van der Waals surface area (Å²) in [7, 11) is 0. The van der Waals surface area contributed by atoms with E-state index in [4.69, 9.17) is 4.74 Å². The largest absolute Gasteiger partial charge is 0.418 e. The van der Waals surface area contributed by atoms with Crippen LogP contribution in [-0.2, 0) is 10.9 Å². The van der Waals surface area contributed by atoms with Crippen molar-refractivity contribution in [2.75, 3.05) is 31.6 Å². The van der Waals surface area contributed by atoms with Gasteiger partial charge in [0.15, 0.2) is 0 Å². The van der Waals surface area contributed by atoms with Gasteiger partial charge in [-0.1, -0.05) is 15.9 Å². The SMILES string of the molecule is FC(F)(F)c1ccc(Br)cc1NCC1COCCN1. The molecule has 1 fully saturated rings. The van der Waals surface area contributed by atoms with Gasteiger partial charge in [-0.25, -0.2) is 0 Å². The highest BCUT2D eigenvalue weighted by molar-refractivity contribution is 9.10. The Kier molecular flexibility index (Phi) is 4.70. The molecule has 106 valence electrons. The third-order valence-electron chi connectivity index (χ3n) is 2.82. The molecule has 2 rings (SSSR count). The van der Waals surface area contributed by atoms with Crippen molar-refractivity contribution in [1.82, 2.24) is 5.32 Å². The molecule has 7 heteroatoms. The Morgan fingerprint density at radius 3 is 2.84 bits per heavy atom. The molecule has 0 amide bonds. The van der Waals surface area contributed by atoms with E-state index in [2.05, 4.69) is 26.6 Å². The molecule has 2 N–H and O–H groups in total. The van der Waals surface area contributed by atoms with E-state index in [0.717, 1.165) is 12.6 Å². The van der Waals surface area contributed by atoms with Crippen LogP contribution in [0, 0.1) is 0 Å². The van der Waals surface area contributed by atoms with Gasteiger partial charge in [0, 0.05) is 29.3 Å². The van der Waals surface area contributed by atoms with Gasteiger partial charge in [-0.15, -0.1) is 0 Å². The summed E-state index contributed by atoms with van der Waals surface area (Å²) in [5.74, 6) is 0. The monoisotopic (exact) mass is 338 g/mol. The number of hydrogen-bond donors (Lipinski definition) is 2. The van der Waals surface area contributed by atoms with Gasteiger partial charge >= 0.3 is 6.18 Å². The number of anilines is 1. The Balaban J connectivity index is 2.07. The lowest BCUT2D eigenvalue weighted by Gasteiger charge is -2.25. The number of rotatable bonds is 3. The minimum absolute atomic E-state index is 0.0221. The first kappa shape index (κ1) is 14.6. The van der Waals surface area contributed by atoms with Gasteiger partial charge in [-0.2, -0.15) is 13.2 Å². The van der Waals surface area contributed by atoms with Crippen molar-refractivity contribution >= 4 is 21.6 Å². The fraction of sp³-hybridized carbons (Fsp3) is 0.500. The molecule has 1 aromatic carbocycles. The summed E-state index contributed by atoms with van der Waals surface area (Å²) >= 11 is 3.18. The van der Waals surface area contributed by atoms with Crippen LogP contribution in [0.1, 0.15) is 5.56 Å². The molecule has 3 nitrogen and oxygen atoms in total. The van der Waals surface area contributed by atoms with Crippen LogP contribution in [-0.4, -0.2) is 32.3 Å². The number of alkyl halides is 3. The number of nitrogens with one attached hydrogen (secondary N) is 2. The maximum absolute atomic E-state index is 12.9. The Labute approximate surface area is 117 Å². The fourth-order valence-corrected chi connectivity index (χ4v) is 2.25. The molecule has 1 atom stereocenters. The number of halogens is 4. The maximum atomic E-state index is 12.9. The lowest BCUT2D eigenvalue weighted by atomic mass is 10.1. The first-order valence-corrected chi connectivity index (χ1v) is 6.68. The van der Waals surface area contributed by atoms with Crippen LogP contribution < -0.4 is 10.6 Å². The molecular formula is C12H14BrF3N2O. The molecule has 1 aliphatic rings. The summed E-state index contributed by atoms with van der Waals surface area (Å²) in [6.07, 6.45) is -4.36. The zero-order valence-electron chi connectivity index (χ0n) is 10.1. The van der Waals surface area contributed by atoms with Crippen molar-refractivity contribution in [2.45, 2.75) is 12.2 Å². The first-order chi connectivity index (χ1) is 8.97. The van der Waals surface area contributed by atoms with Gasteiger partial charge < -0.3 is 15.4 Å². The van der Waals surface area contributed by atoms with Crippen molar-refractivity contribution in [3.05, 3.63) is 28.2 Å². The zero-order chi connectivity index (χ0) is 13.9. The van der Waals surface area contributed by atoms with Crippen molar-refractivity contribution in [3.8, 4) is 0 Å². The molecule has 0 radical (unpaired) electrons. The molecule has 0 aliphatic carbocycles. The number of hydrogen-bond acceptors (Lipinski definition) is 3. The molecule has 1 aliphatic heterocycles. The van der Waals surface area contributed by atoms with Crippen LogP contribution in [0.2, 0.25) is 0 Å². The Morgan fingerprint density at radius 1 is 1.42 bits per heavy atom. The van der Waals surface area contributed by atoms with Crippen LogP contribution in [0.15, 0.2) is 22.7 Å². The van der Waals surface area contributed by atoms with Gasteiger partial charge in [0.1, 0.15) is 0 Å². The third-order valence-corrected chi connectivity index (χ3v) is 3.32. The fourth-order valence-electron chi connectivity index (χ4n) is 1.89. The van der Waals surface area contributed by atoms with Crippen LogP contribution in [0.5, 0.6) is 0 Å². The minimum Gasteiger partial charge on any atom is -0.383 e. The second-order valence-electron chi connectivity index (χ2n) is 4.29. The average Bonchev–Trinajstić information content (AvgIpc) is 2.36. The van der Waals surface area contributed by atoms with E-state index in [0.29, 0.717) is 24.2 Å². The Hall–Kier alpha value is -0.790. The molecule has 1 saturated heterocycles. The quantitative estimate of drug-likeness (QED) is 0.889. The molecule has 1 heterocycles. The molecule has 1 aromatic rings. The molecular weight excluding hydrogens is 325 g/mol. The van der Waals surface area contributed by atoms with Crippen LogP contribution in [0.4, 0.5) is 18.9 Å². The first-order valence-electron chi connectivity index (χ1n) is 5.88. The lowest BCUT2D eigenvalue weighted by Crippen LogP contribution is -2.45. The highest BCUT2D eigenvalue weighted by Crippen LogP contribution is 2.36. The smallest absolute Gasteiger partial charge is 0.383 e. The molecule has 0 saturated carbocycles. The molecule has 1 unspecified atom stereocenters.